The highest BCUT2D eigenvalue weighted by Gasteiger charge is 2.42. The zero-order valence-electron chi connectivity index (χ0n) is 18.7. The van der Waals surface area contributed by atoms with Gasteiger partial charge in [-0.1, -0.05) is 48.2 Å². The average Bonchev–Trinajstić information content (AvgIpc) is 3.28. The highest BCUT2D eigenvalue weighted by molar-refractivity contribution is 8.15. The van der Waals surface area contributed by atoms with E-state index in [2.05, 4.69) is 34.6 Å². The molecule has 3 aliphatic heterocycles. The van der Waals surface area contributed by atoms with Gasteiger partial charge in [-0.3, -0.25) is 9.79 Å². The molecule has 5 rings (SSSR count). The topological polar surface area (TPSA) is 78.8 Å². The number of nitrogens with one attached hydrogen (secondary N) is 1. The van der Waals surface area contributed by atoms with Crippen LogP contribution in [0.15, 0.2) is 53.5 Å². The summed E-state index contributed by atoms with van der Waals surface area (Å²) < 4.78 is 23.6. The number of benzene rings is 2. The first-order chi connectivity index (χ1) is 15.9. The van der Waals surface area contributed by atoms with Crippen LogP contribution < -0.4 is 5.32 Å². The van der Waals surface area contributed by atoms with Gasteiger partial charge in [0.25, 0.3) is 5.91 Å². The van der Waals surface area contributed by atoms with Gasteiger partial charge in [-0.05, 0) is 55.4 Å². The van der Waals surface area contributed by atoms with Crippen molar-refractivity contribution in [2.24, 2.45) is 10.9 Å². The van der Waals surface area contributed by atoms with Crippen LogP contribution in [0.5, 0.6) is 0 Å². The molecular formula is C25H29N3O3S2. The maximum Gasteiger partial charge on any atom is 0.253 e. The van der Waals surface area contributed by atoms with Crippen LogP contribution in [0.4, 0.5) is 5.69 Å². The molecule has 2 atom stereocenters. The number of rotatable bonds is 4. The summed E-state index contributed by atoms with van der Waals surface area (Å²) in [6.45, 7) is 3.57. The molecule has 1 amide bonds. The van der Waals surface area contributed by atoms with Gasteiger partial charge in [0.1, 0.15) is 0 Å². The molecule has 0 aromatic heterocycles. The Morgan fingerprint density at radius 1 is 1.12 bits per heavy atom. The first kappa shape index (κ1) is 22.5. The lowest BCUT2D eigenvalue weighted by Crippen LogP contribution is -2.39. The maximum atomic E-state index is 13.2. The number of hydrogen-bond acceptors (Lipinski definition) is 6. The Bertz CT molecular complexity index is 1170. The summed E-state index contributed by atoms with van der Waals surface area (Å²) in [5.74, 6) is 1.01. The van der Waals surface area contributed by atoms with Gasteiger partial charge in [0.05, 0.1) is 17.5 Å². The first-order valence-electron chi connectivity index (χ1n) is 11.5. The molecule has 1 N–H and O–H groups in total. The monoisotopic (exact) mass is 483 g/mol. The minimum absolute atomic E-state index is 0.000183. The number of thioether (sulfide) groups is 1. The number of fused-ring (bicyclic) bond motifs is 1. The van der Waals surface area contributed by atoms with E-state index in [1.165, 1.54) is 17.3 Å². The molecule has 2 aromatic carbocycles. The smallest absolute Gasteiger partial charge is 0.253 e. The fourth-order valence-electron chi connectivity index (χ4n) is 4.89. The second-order valence-electron chi connectivity index (χ2n) is 9.31. The quantitative estimate of drug-likeness (QED) is 0.716. The third kappa shape index (κ3) is 5.11. The van der Waals surface area contributed by atoms with Crippen molar-refractivity contribution in [1.82, 2.24) is 4.90 Å². The number of amides is 1. The Morgan fingerprint density at radius 3 is 2.61 bits per heavy atom. The van der Waals surface area contributed by atoms with Crippen LogP contribution in [0.1, 0.15) is 34.3 Å². The fourth-order valence-corrected chi connectivity index (χ4v) is 8.56. The van der Waals surface area contributed by atoms with E-state index in [4.69, 9.17) is 0 Å². The minimum atomic E-state index is -2.97. The van der Waals surface area contributed by atoms with Gasteiger partial charge in [-0.25, -0.2) is 8.42 Å². The molecule has 0 spiro atoms. The minimum Gasteiger partial charge on any atom is -0.339 e. The molecular weight excluding hydrogens is 454 g/mol. The normalized spacial score (nSPS) is 24.4. The van der Waals surface area contributed by atoms with Crippen LogP contribution in [0, 0.1) is 12.8 Å². The standard InChI is InChI=1S/C25H29N3O3S2/c1-17-7-8-20(14-21(17)26-25-27-22-15-33(30,31)16-23(22)32-25)24(29)28-11-9-19(10-12-28)13-18-5-3-2-4-6-18/h2-8,14,19,22-23H,9-13,15-16H2,1H3,(H,26,27)/t22-,23-/m0/s1. The number of likely N-dealkylation sites (tertiary alicyclic amines) is 1. The van der Waals surface area contributed by atoms with E-state index in [-0.39, 0.29) is 28.7 Å². The number of hydrogen-bond donors (Lipinski definition) is 1. The number of aliphatic imine (C=N–C) groups is 1. The number of carbonyl (C=O) groups excluding carboxylic acids is 1. The van der Waals surface area contributed by atoms with Gasteiger partial charge in [0.15, 0.2) is 15.0 Å². The molecule has 2 aromatic rings. The van der Waals surface area contributed by atoms with Crippen molar-refractivity contribution in [3.8, 4) is 0 Å². The van der Waals surface area contributed by atoms with E-state index in [9.17, 15) is 13.2 Å². The van der Waals surface area contributed by atoms with Crippen molar-refractivity contribution in [3.05, 3.63) is 65.2 Å². The van der Waals surface area contributed by atoms with E-state index in [1.807, 2.05) is 36.1 Å². The molecule has 0 unspecified atom stereocenters. The summed E-state index contributed by atoms with van der Waals surface area (Å²) in [6, 6.07) is 16.2. The van der Waals surface area contributed by atoms with E-state index < -0.39 is 9.84 Å². The van der Waals surface area contributed by atoms with Gasteiger partial charge in [0, 0.05) is 29.6 Å². The Labute approximate surface area is 199 Å². The van der Waals surface area contributed by atoms with Crippen LogP contribution >= 0.6 is 11.8 Å². The van der Waals surface area contributed by atoms with E-state index in [0.717, 1.165) is 48.8 Å². The molecule has 2 saturated heterocycles. The average molecular weight is 484 g/mol. The largest absolute Gasteiger partial charge is 0.339 e. The lowest BCUT2D eigenvalue weighted by Gasteiger charge is -2.32. The fraction of sp³-hybridized carbons (Fsp3) is 0.440. The molecule has 0 aliphatic carbocycles. The molecule has 0 bridgehead atoms. The van der Waals surface area contributed by atoms with E-state index in [0.29, 0.717) is 11.5 Å². The molecule has 0 radical (unpaired) electrons. The van der Waals surface area contributed by atoms with Gasteiger partial charge >= 0.3 is 0 Å². The molecule has 33 heavy (non-hydrogen) atoms. The molecule has 3 heterocycles. The number of sulfone groups is 1. The summed E-state index contributed by atoms with van der Waals surface area (Å²) in [5.41, 5.74) is 3.93. The number of anilines is 1. The Balaban J connectivity index is 1.21. The van der Waals surface area contributed by atoms with Crippen LogP contribution in [-0.4, -0.2) is 60.3 Å². The second-order valence-corrected chi connectivity index (χ2v) is 12.7. The Morgan fingerprint density at radius 2 is 1.88 bits per heavy atom. The molecule has 3 aliphatic rings. The summed E-state index contributed by atoms with van der Waals surface area (Å²) in [5, 5.41) is 4.09. The van der Waals surface area contributed by atoms with Crippen LogP contribution in [-0.2, 0) is 16.3 Å². The number of nitrogens with zero attached hydrogens (tertiary/aromatic N) is 2. The third-order valence-corrected chi connectivity index (χ3v) is 9.95. The lowest BCUT2D eigenvalue weighted by atomic mass is 9.90. The molecule has 2 fully saturated rings. The summed E-state index contributed by atoms with van der Waals surface area (Å²) >= 11 is 1.49. The van der Waals surface area contributed by atoms with Crippen LogP contribution in [0.2, 0.25) is 0 Å². The van der Waals surface area contributed by atoms with Crippen molar-refractivity contribution in [1.29, 1.82) is 0 Å². The number of carbonyl (C=O) groups is 1. The number of amidine groups is 1. The molecule has 0 saturated carbocycles. The number of piperidine rings is 1. The predicted molar refractivity (Wildman–Crippen MR) is 135 cm³/mol. The maximum absolute atomic E-state index is 13.2. The van der Waals surface area contributed by atoms with Crippen molar-refractivity contribution in [3.63, 3.8) is 0 Å². The SMILES string of the molecule is Cc1ccc(C(=O)N2CCC(Cc3ccccc3)CC2)cc1NC1=N[C@H]2CS(=O)(=O)C[C@@H]2S1. The first-order valence-corrected chi connectivity index (χ1v) is 14.2. The van der Waals surface area contributed by atoms with Gasteiger partial charge in [0.2, 0.25) is 0 Å². The van der Waals surface area contributed by atoms with Crippen LogP contribution in [0.3, 0.4) is 0 Å². The van der Waals surface area contributed by atoms with Crippen LogP contribution in [0.25, 0.3) is 0 Å². The predicted octanol–water partition coefficient (Wildman–Crippen LogP) is 3.77. The Hall–Kier alpha value is -2.32. The molecule has 8 heteroatoms. The summed E-state index contributed by atoms with van der Waals surface area (Å²) in [4.78, 5) is 19.7. The summed E-state index contributed by atoms with van der Waals surface area (Å²) in [6.07, 6.45) is 3.12. The van der Waals surface area contributed by atoms with Gasteiger partial charge in [-0.2, -0.15) is 0 Å². The van der Waals surface area contributed by atoms with Gasteiger partial charge < -0.3 is 10.2 Å². The molecule has 6 nitrogen and oxygen atoms in total. The van der Waals surface area contributed by atoms with Crippen molar-refractivity contribution < 1.29 is 13.2 Å². The van der Waals surface area contributed by atoms with Crippen molar-refractivity contribution in [2.45, 2.75) is 37.5 Å². The molecule has 174 valence electrons. The zero-order chi connectivity index (χ0) is 23.0. The van der Waals surface area contributed by atoms with Crippen molar-refractivity contribution in [2.75, 3.05) is 29.9 Å². The second kappa shape index (κ2) is 9.14. The summed E-state index contributed by atoms with van der Waals surface area (Å²) in [7, 11) is -2.97. The number of aryl methyl sites for hydroxylation is 1. The zero-order valence-corrected chi connectivity index (χ0v) is 20.4. The van der Waals surface area contributed by atoms with Gasteiger partial charge in [-0.15, -0.1) is 0 Å². The highest BCUT2D eigenvalue weighted by Crippen LogP contribution is 2.35. The Kier molecular flexibility index (Phi) is 6.22. The highest BCUT2D eigenvalue weighted by atomic mass is 32.2. The van der Waals surface area contributed by atoms with Crippen molar-refractivity contribution >= 4 is 38.4 Å². The lowest BCUT2D eigenvalue weighted by molar-refractivity contribution is 0.0690. The van der Waals surface area contributed by atoms with E-state index >= 15 is 0 Å². The van der Waals surface area contributed by atoms with E-state index in [1.54, 1.807) is 0 Å². The third-order valence-electron chi connectivity index (χ3n) is 6.81.